The molecular formula is C19H17Br2N3O2. The molecule has 2 aromatic carbocycles. The van der Waals surface area contributed by atoms with E-state index in [4.69, 9.17) is 0 Å². The fourth-order valence-electron chi connectivity index (χ4n) is 2.56. The van der Waals surface area contributed by atoms with E-state index in [1.54, 1.807) is 18.2 Å². The van der Waals surface area contributed by atoms with Crippen LogP contribution >= 0.6 is 31.9 Å². The molecule has 0 aliphatic heterocycles. The summed E-state index contributed by atoms with van der Waals surface area (Å²) in [5.41, 5.74) is 2.50. The Kier molecular flexibility index (Phi) is 5.03. The van der Waals surface area contributed by atoms with Crippen LogP contribution in [-0.4, -0.2) is 16.0 Å². The molecule has 134 valence electrons. The zero-order chi connectivity index (χ0) is 19.1. The molecule has 0 bridgehead atoms. The number of hydrogen-bond acceptors (Lipinski definition) is 3. The number of benzene rings is 2. The number of aromatic amines is 1. The van der Waals surface area contributed by atoms with E-state index in [1.165, 1.54) is 0 Å². The average Bonchev–Trinajstić information content (AvgIpc) is 2.88. The molecule has 26 heavy (non-hydrogen) atoms. The number of carbonyl (C=O) groups is 1. The Balaban J connectivity index is 1.92. The molecule has 1 heterocycles. The third-order valence-corrected chi connectivity index (χ3v) is 5.10. The molecule has 0 unspecified atom stereocenters. The molecule has 0 fully saturated rings. The summed E-state index contributed by atoms with van der Waals surface area (Å²) in [6, 6.07) is 11.0. The van der Waals surface area contributed by atoms with Crippen LogP contribution in [-0.2, 0) is 5.41 Å². The van der Waals surface area contributed by atoms with Gasteiger partial charge in [-0.05, 0) is 51.2 Å². The summed E-state index contributed by atoms with van der Waals surface area (Å²) in [6.07, 6.45) is 0. The summed E-state index contributed by atoms with van der Waals surface area (Å²) in [5.74, 6) is -0.605. The third-order valence-electron chi connectivity index (χ3n) is 4.02. The Hall–Kier alpha value is -1.99. The number of hydrogen-bond donors (Lipinski definition) is 2. The van der Waals surface area contributed by atoms with Gasteiger partial charge >= 0.3 is 0 Å². The van der Waals surface area contributed by atoms with Gasteiger partial charge in [-0.1, -0.05) is 48.8 Å². The van der Waals surface area contributed by atoms with Gasteiger partial charge in [-0.25, -0.2) is 0 Å². The van der Waals surface area contributed by atoms with Crippen molar-refractivity contribution < 1.29 is 9.90 Å². The van der Waals surface area contributed by atoms with Gasteiger partial charge in [0.15, 0.2) is 5.69 Å². The van der Waals surface area contributed by atoms with Crippen LogP contribution in [0.3, 0.4) is 0 Å². The summed E-state index contributed by atoms with van der Waals surface area (Å²) in [6.45, 7) is 6.33. The number of aromatic hydroxyl groups is 1. The van der Waals surface area contributed by atoms with E-state index in [2.05, 4.69) is 67.8 Å². The smallest absolute Gasteiger partial charge is 0.295 e. The zero-order valence-corrected chi connectivity index (χ0v) is 17.6. The van der Waals surface area contributed by atoms with Crippen molar-refractivity contribution in [2.24, 2.45) is 10.2 Å². The minimum absolute atomic E-state index is 0.0136. The first-order valence-corrected chi connectivity index (χ1v) is 9.51. The SMILES string of the molecule is CC(C)(C)c1ccc(C(=O)N=Nc2c(O)[nH]c3c(Br)cc(Br)cc23)cc1. The minimum Gasteiger partial charge on any atom is -0.493 e. The van der Waals surface area contributed by atoms with E-state index in [9.17, 15) is 9.90 Å². The fourth-order valence-corrected chi connectivity index (χ4v) is 3.88. The largest absolute Gasteiger partial charge is 0.493 e. The van der Waals surface area contributed by atoms with Crippen LogP contribution in [0, 0.1) is 0 Å². The van der Waals surface area contributed by atoms with Gasteiger partial charge in [0, 0.05) is 19.9 Å². The quantitative estimate of drug-likeness (QED) is 0.406. The van der Waals surface area contributed by atoms with Crippen LogP contribution in [0.4, 0.5) is 5.69 Å². The molecule has 2 N–H and O–H groups in total. The van der Waals surface area contributed by atoms with Gasteiger partial charge in [0.25, 0.3) is 5.91 Å². The Morgan fingerprint density at radius 3 is 2.38 bits per heavy atom. The number of nitrogens with zero attached hydrogens (tertiary/aromatic N) is 2. The van der Waals surface area contributed by atoms with Gasteiger partial charge < -0.3 is 10.1 Å². The Morgan fingerprint density at radius 1 is 1.12 bits per heavy atom. The van der Waals surface area contributed by atoms with Gasteiger partial charge in [-0.2, -0.15) is 0 Å². The summed E-state index contributed by atoms with van der Waals surface area (Å²) >= 11 is 6.82. The Morgan fingerprint density at radius 2 is 1.77 bits per heavy atom. The minimum atomic E-state index is -0.465. The maximum absolute atomic E-state index is 12.3. The molecule has 0 aliphatic rings. The normalized spacial score (nSPS) is 12.2. The van der Waals surface area contributed by atoms with E-state index in [-0.39, 0.29) is 17.0 Å². The predicted molar refractivity (Wildman–Crippen MR) is 109 cm³/mol. The molecule has 5 nitrogen and oxygen atoms in total. The highest BCUT2D eigenvalue weighted by Crippen LogP contribution is 2.40. The van der Waals surface area contributed by atoms with Gasteiger partial charge in [0.1, 0.15) is 0 Å². The van der Waals surface area contributed by atoms with E-state index >= 15 is 0 Å². The molecule has 1 amide bonds. The molecule has 3 rings (SSSR count). The first kappa shape index (κ1) is 18.8. The number of fused-ring (bicyclic) bond motifs is 1. The molecular weight excluding hydrogens is 462 g/mol. The fraction of sp³-hybridized carbons (Fsp3) is 0.211. The van der Waals surface area contributed by atoms with Crippen molar-refractivity contribution in [3.63, 3.8) is 0 Å². The second-order valence-corrected chi connectivity index (χ2v) is 8.73. The Labute approximate surface area is 167 Å². The number of nitrogens with one attached hydrogen (secondary N) is 1. The second-order valence-electron chi connectivity index (χ2n) is 6.96. The topological polar surface area (TPSA) is 77.8 Å². The standard InChI is InChI=1S/C19H17Br2N3O2/c1-19(2,3)11-6-4-10(5-7-11)17(25)24-23-16-13-8-12(20)9-14(21)15(13)22-18(16)26/h4-9,22,26H,1-3H3. The lowest BCUT2D eigenvalue weighted by Crippen LogP contribution is -2.11. The molecule has 1 aromatic heterocycles. The molecule has 0 spiro atoms. The summed E-state index contributed by atoms with van der Waals surface area (Å²) in [7, 11) is 0. The lowest BCUT2D eigenvalue weighted by molar-refractivity contribution is 0.0995. The number of H-pyrrole nitrogens is 1. The van der Waals surface area contributed by atoms with Crippen LogP contribution in [0.2, 0.25) is 0 Å². The molecule has 3 aromatic rings. The first-order chi connectivity index (χ1) is 12.2. The molecule has 0 saturated carbocycles. The summed E-state index contributed by atoms with van der Waals surface area (Å²) in [5, 5.41) is 18.5. The van der Waals surface area contributed by atoms with E-state index < -0.39 is 5.91 Å². The summed E-state index contributed by atoms with van der Waals surface area (Å²) in [4.78, 5) is 15.1. The maximum atomic E-state index is 12.3. The highest BCUT2D eigenvalue weighted by Gasteiger charge is 2.16. The van der Waals surface area contributed by atoms with Gasteiger partial charge in [0.05, 0.1) is 5.52 Å². The van der Waals surface area contributed by atoms with Gasteiger partial charge in [0.2, 0.25) is 5.88 Å². The summed E-state index contributed by atoms with van der Waals surface area (Å²) < 4.78 is 1.58. The van der Waals surface area contributed by atoms with Gasteiger partial charge in [-0.3, -0.25) is 4.79 Å². The number of aromatic nitrogens is 1. The Bertz CT molecular complexity index is 1020. The van der Waals surface area contributed by atoms with Crippen molar-refractivity contribution in [1.29, 1.82) is 0 Å². The first-order valence-electron chi connectivity index (χ1n) is 7.93. The van der Waals surface area contributed by atoms with E-state index in [0.717, 1.165) is 14.5 Å². The van der Waals surface area contributed by atoms with Crippen molar-refractivity contribution in [2.75, 3.05) is 0 Å². The van der Waals surface area contributed by atoms with Crippen molar-refractivity contribution in [2.45, 2.75) is 26.2 Å². The number of amides is 1. The molecule has 0 aliphatic carbocycles. The van der Waals surface area contributed by atoms with Crippen LogP contribution in [0.25, 0.3) is 10.9 Å². The van der Waals surface area contributed by atoms with E-state index in [0.29, 0.717) is 16.5 Å². The molecule has 0 atom stereocenters. The predicted octanol–water partition coefficient (Wildman–Crippen LogP) is 6.62. The second kappa shape index (κ2) is 6.96. The lowest BCUT2D eigenvalue weighted by atomic mass is 9.87. The highest BCUT2D eigenvalue weighted by molar-refractivity contribution is 9.11. The number of rotatable bonds is 2. The number of azo groups is 1. The lowest BCUT2D eigenvalue weighted by Gasteiger charge is -2.18. The number of halogens is 2. The van der Waals surface area contributed by atoms with Crippen LogP contribution in [0.5, 0.6) is 5.88 Å². The molecule has 0 radical (unpaired) electrons. The van der Waals surface area contributed by atoms with Crippen molar-refractivity contribution in [3.05, 3.63) is 56.5 Å². The monoisotopic (exact) mass is 477 g/mol. The molecule has 7 heteroatoms. The van der Waals surface area contributed by atoms with Crippen molar-refractivity contribution >= 4 is 54.4 Å². The van der Waals surface area contributed by atoms with Crippen molar-refractivity contribution in [3.8, 4) is 5.88 Å². The number of carbonyl (C=O) groups excluding carboxylic acids is 1. The van der Waals surface area contributed by atoms with Crippen LogP contribution in [0.15, 0.2) is 55.6 Å². The zero-order valence-electron chi connectivity index (χ0n) is 14.5. The highest BCUT2D eigenvalue weighted by atomic mass is 79.9. The maximum Gasteiger partial charge on any atom is 0.295 e. The van der Waals surface area contributed by atoms with Gasteiger partial charge in [-0.15, -0.1) is 10.2 Å². The average molecular weight is 479 g/mol. The third kappa shape index (κ3) is 3.73. The van der Waals surface area contributed by atoms with Crippen LogP contribution < -0.4 is 0 Å². The van der Waals surface area contributed by atoms with E-state index in [1.807, 2.05) is 18.2 Å². The van der Waals surface area contributed by atoms with Crippen LogP contribution in [0.1, 0.15) is 36.7 Å². The molecule has 0 saturated heterocycles. The van der Waals surface area contributed by atoms with Crippen molar-refractivity contribution in [1.82, 2.24) is 4.98 Å².